The van der Waals surface area contributed by atoms with Crippen molar-refractivity contribution in [3.63, 3.8) is 0 Å². The molecule has 0 fully saturated rings. The van der Waals surface area contributed by atoms with Crippen LogP contribution in [-0.2, 0) is 0 Å². The predicted molar refractivity (Wildman–Crippen MR) is 88.7 cm³/mol. The molecule has 2 N–H and O–H groups in total. The van der Waals surface area contributed by atoms with Crippen molar-refractivity contribution >= 4 is 44.8 Å². The van der Waals surface area contributed by atoms with Crippen LogP contribution >= 0.6 is 27.7 Å². The van der Waals surface area contributed by atoms with E-state index in [0.717, 1.165) is 32.9 Å². The lowest BCUT2D eigenvalue weighted by molar-refractivity contribution is 0.943. The molecular formula is C14H14BrN5S. The summed E-state index contributed by atoms with van der Waals surface area (Å²) in [5.74, 6) is 0.619. The van der Waals surface area contributed by atoms with Crippen LogP contribution in [0, 0.1) is 0 Å². The monoisotopic (exact) mass is 363 g/mol. The number of hydrogen-bond acceptors (Lipinski definition) is 5. The van der Waals surface area contributed by atoms with Gasteiger partial charge in [0, 0.05) is 15.9 Å². The Hall–Kier alpha value is -1.60. The zero-order chi connectivity index (χ0) is 14.7. The van der Waals surface area contributed by atoms with Crippen molar-refractivity contribution < 1.29 is 0 Å². The summed E-state index contributed by atoms with van der Waals surface area (Å²) >= 11 is 5.08. The van der Waals surface area contributed by atoms with E-state index in [1.54, 1.807) is 18.1 Å². The first-order valence-electron chi connectivity index (χ1n) is 6.64. The molecule has 2 aromatic heterocycles. The van der Waals surface area contributed by atoms with E-state index in [-0.39, 0.29) is 0 Å². The summed E-state index contributed by atoms with van der Waals surface area (Å²) in [5, 5.41) is 4.08. The van der Waals surface area contributed by atoms with Crippen molar-refractivity contribution in [3.05, 3.63) is 35.1 Å². The van der Waals surface area contributed by atoms with Crippen LogP contribution in [0.25, 0.3) is 11.2 Å². The fourth-order valence-electron chi connectivity index (χ4n) is 1.84. The minimum atomic E-state index is 0.619. The Balaban J connectivity index is 1.97. The Bertz CT molecular complexity index is 758. The topological polar surface area (TPSA) is 66.5 Å². The van der Waals surface area contributed by atoms with Crippen LogP contribution in [0.4, 0.5) is 5.95 Å². The summed E-state index contributed by atoms with van der Waals surface area (Å²) < 4.78 is 1.05. The molecule has 3 aromatic rings. The van der Waals surface area contributed by atoms with E-state index in [2.05, 4.69) is 60.2 Å². The third-order valence-electron chi connectivity index (χ3n) is 2.80. The smallest absolute Gasteiger partial charge is 0.225 e. The first-order valence-corrected chi connectivity index (χ1v) is 8.25. The summed E-state index contributed by atoms with van der Waals surface area (Å²) in [6.07, 6.45) is 2.67. The van der Waals surface area contributed by atoms with Crippen LogP contribution in [0.15, 0.2) is 45.0 Å². The first-order chi connectivity index (χ1) is 10.3. The summed E-state index contributed by atoms with van der Waals surface area (Å²) in [6.45, 7) is 2.95. The number of hydrogen-bond donors (Lipinski definition) is 2. The maximum Gasteiger partial charge on any atom is 0.225 e. The van der Waals surface area contributed by atoms with Crippen LogP contribution < -0.4 is 5.32 Å². The summed E-state index contributed by atoms with van der Waals surface area (Å²) in [5.41, 5.74) is 1.54. The second-order valence-corrected chi connectivity index (χ2v) is 6.42. The fraction of sp³-hybridized carbons (Fsp3) is 0.214. The van der Waals surface area contributed by atoms with Gasteiger partial charge in [0.05, 0.1) is 6.33 Å². The van der Waals surface area contributed by atoms with Crippen LogP contribution in [0.3, 0.4) is 0 Å². The van der Waals surface area contributed by atoms with Gasteiger partial charge in [-0.3, -0.25) is 0 Å². The molecular weight excluding hydrogens is 350 g/mol. The predicted octanol–water partition coefficient (Wildman–Crippen LogP) is 4.09. The Morgan fingerprint density at radius 3 is 3.05 bits per heavy atom. The summed E-state index contributed by atoms with van der Waals surface area (Å²) in [7, 11) is 0. The molecule has 5 nitrogen and oxygen atoms in total. The van der Waals surface area contributed by atoms with E-state index in [9.17, 15) is 0 Å². The van der Waals surface area contributed by atoms with Gasteiger partial charge in [0.25, 0.3) is 0 Å². The third-order valence-corrected chi connectivity index (χ3v) is 4.27. The van der Waals surface area contributed by atoms with Gasteiger partial charge < -0.3 is 10.3 Å². The minimum absolute atomic E-state index is 0.619. The molecule has 0 saturated heterocycles. The quantitative estimate of drug-likeness (QED) is 0.668. The number of fused-ring (bicyclic) bond motifs is 1. The molecule has 0 radical (unpaired) electrons. The first kappa shape index (κ1) is 14.3. The van der Waals surface area contributed by atoms with Crippen molar-refractivity contribution in [2.24, 2.45) is 0 Å². The number of imidazole rings is 1. The molecule has 0 saturated carbocycles. The largest absolute Gasteiger partial charge is 0.354 e. The third kappa shape index (κ3) is 3.36. The molecule has 108 valence electrons. The van der Waals surface area contributed by atoms with Crippen LogP contribution in [-0.4, -0.2) is 26.5 Å². The lowest BCUT2D eigenvalue weighted by Gasteiger charge is -2.07. The van der Waals surface area contributed by atoms with Gasteiger partial charge in [0.2, 0.25) is 5.95 Å². The second-order valence-electron chi connectivity index (χ2n) is 4.44. The Kier molecular flexibility index (Phi) is 4.40. The molecule has 2 heterocycles. The standard InChI is InChI=1S/C14H14BrN5S/c1-2-6-16-14-19-12-11(17-8-18-12)13(20-14)21-10-5-3-4-9(15)7-10/h3-5,7-8H,2,6H2,1H3,(H2,16,17,18,19,20). The number of rotatable bonds is 5. The van der Waals surface area contributed by atoms with Crippen molar-refractivity contribution in [1.29, 1.82) is 0 Å². The zero-order valence-electron chi connectivity index (χ0n) is 11.4. The van der Waals surface area contributed by atoms with Gasteiger partial charge in [0.15, 0.2) is 5.65 Å². The van der Waals surface area contributed by atoms with Crippen molar-refractivity contribution in [2.75, 3.05) is 11.9 Å². The van der Waals surface area contributed by atoms with Gasteiger partial charge in [-0.25, -0.2) is 9.97 Å². The molecule has 0 aliphatic heterocycles. The molecule has 3 rings (SSSR count). The van der Waals surface area contributed by atoms with E-state index >= 15 is 0 Å². The molecule has 0 aliphatic rings. The summed E-state index contributed by atoms with van der Waals surface area (Å²) in [4.78, 5) is 17.5. The second kappa shape index (κ2) is 6.44. The molecule has 0 spiro atoms. The number of anilines is 1. The number of aromatic amines is 1. The number of benzene rings is 1. The van der Waals surface area contributed by atoms with E-state index in [1.165, 1.54) is 0 Å². The average molecular weight is 364 g/mol. The van der Waals surface area contributed by atoms with Crippen molar-refractivity contribution in [3.8, 4) is 0 Å². The maximum atomic E-state index is 4.59. The van der Waals surface area contributed by atoms with E-state index < -0.39 is 0 Å². The Labute approximate surface area is 135 Å². The lowest BCUT2D eigenvalue weighted by atomic mass is 10.4. The summed E-state index contributed by atoms with van der Waals surface area (Å²) in [6, 6.07) is 8.13. The van der Waals surface area contributed by atoms with E-state index in [1.807, 2.05) is 12.1 Å². The number of nitrogens with zero attached hydrogens (tertiary/aromatic N) is 3. The van der Waals surface area contributed by atoms with Gasteiger partial charge in [-0.2, -0.15) is 4.98 Å². The van der Waals surface area contributed by atoms with Gasteiger partial charge in [-0.15, -0.1) is 0 Å². The number of aromatic nitrogens is 4. The highest BCUT2D eigenvalue weighted by atomic mass is 79.9. The fourth-order valence-corrected chi connectivity index (χ4v) is 3.33. The highest BCUT2D eigenvalue weighted by molar-refractivity contribution is 9.10. The molecule has 1 aromatic carbocycles. The van der Waals surface area contributed by atoms with Crippen LogP contribution in [0.2, 0.25) is 0 Å². The van der Waals surface area contributed by atoms with Gasteiger partial charge in [-0.1, -0.05) is 40.7 Å². The normalized spacial score (nSPS) is 11.0. The molecule has 7 heteroatoms. The Morgan fingerprint density at radius 1 is 1.33 bits per heavy atom. The number of nitrogens with one attached hydrogen (secondary N) is 2. The van der Waals surface area contributed by atoms with Gasteiger partial charge in [-0.05, 0) is 24.6 Å². The number of halogens is 1. The van der Waals surface area contributed by atoms with E-state index in [4.69, 9.17) is 0 Å². The molecule has 21 heavy (non-hydrogen) atoms. The minimum Gasteiger partial charge on any atom is -0.354 e. The molecule has 0 unspecified atom stereocenters. The van der Waals surface area contributed by atoms with Crippen LogP contribution in [0.5, 0.6) is 0 Å². The average Bonchev–Trinajstić information content (AvgIpc) is 2.94. The molecule has 0 aliphatic carbocycles. The van der Waals surface area contributed by atoms with Gasteiger partial charge in [0.1, 0.15) is 10.5 Å². The SMILES string of the molecule is CCCNc1nc(Sc2cccc(Br)c2)c2[nH]cnc2n1. The maximum absolute atomic E-state index is 4.59. The molecule has 0 amide bonds. The number of H-pyrrole nitrogens is 1. The Morgan fingerprint density at radius 2 is 2.24 bits per heavy atom. The van der Waals surface area contributed by atoms with Gasteiger partial charge >= 0.3 is 0 Å². The highest BCUT2D eigenvalue weighted by Gasteiger charge is 2.11. The van der Waals surface area contributed by atoms with Crippen molar-refractivity contribution in [2.45, 2.75) is 23.3 Å². The lowest BCUT2D eigenvalue weighted by Crippen LogP contribution is -2.05. The molecule has 0 atom stereocenters. The highest BCUT2D eigenvalue weighted by Crippen LogP contribution is 2.32. The van der Waals surface area contributed by atoms with Crippen molar-refractivity contribution in [1.82, 2.24) is 19.9 Å². The van der Waals surface area contributed by atoms with E-state index in [0.29, 0.717) is 11.6 Å². The van der Waals surface area contributed by atoms with Crippen LogP contribution in [0.1, 0.15) is 13.3 Å². The zero-order valence-corrected chi connectivity index (χ0v) is 13.8. The molecule has 0 bridgehead atoms.